The second-order valence-electron chi connectivity index (χ2n) is 8.28. The molecule has 0 spiro atoms. The van der Waals surface area contributed by atoms with Crippen molar-refractivity contribution in [3.8, 4) is 5.69 Å². The molecule has 0 unspecified atom stereocenters. The number of benzene rings is 2. The molecule has 7 nitrogen and oxygen atoms in total. The van der Waals surface area contributed by atoms with Crippen LogP contribution in [-0.2, 0) is 16.6 Å². The number of carbonyl (C=O) groups is 1. The van der Waals surface area contributed by atoms with E-state index in [0.717, 1.165) is 32.1 Å². The first-order valence-electron chi connectivity index (χ1n) is 11.0. The predicted molar refractivity (Wildman–Crippen MR) is 123 cm³/mol. The number of amides is 1. The Bertz CT molecular complexity index is 1220. The molecular weight excluding hydrogens is 443 g/mol. The van der Waals surface area contributed by atoms with Crippen LogP contribution in [-0.4, -0.2) is 41.3 Å². The molecule has 1 saturated carbocycles. The van der Waals surface area contributed by atoms with Crippen molar-refractivity contribution in [3.63, 3.8) is 0 Å². The van der Waals surface area contributed by atoms with Crippen LogP contribution in [0.3, 0.4) is 0 Å². The molecule has 1 aliphatic rings. The van der Waals surface area contributed by atoms with Gasteiger partial charge in [0.1, 0.15) is 5.82 Å². The number of halogens is 1. The number of hydrogen-bond acceptors (Lipinski definition) is 4. The number of nitrogens with one attached hydrogen (secondary N) is 1. The summed E-state index contributed by atoms with van der Waals surface area (Å²) in [6, 6.07) is 10.7. The Morgan fingerprint density at radius 2 is 1.97 bits per heavy atom. The average molecular weight is 471 g/mol. The number of aromatic nitrogens is 2. The number of carbonyl (C=O) groups excluding carboxylic acids is 1. The van der Waals surface area contributed by atoms with Crippen molar-refractivity contribution in [1.29, 1.82) is 0 Å². The van der Waals surface area contributed by atoms with Crippen molar-refractivity contribution >= 4 is 15.9 Å². The molecule has 9 heteroatoms. The largest absolute Gasteiger partial charge is 0.348 e. The lowest BCUT2D eigenvalue weighted by molar-refractivity contribution is 0.0950. The van der Waals surface area contributed by atoms with E-state index in [9.17, 15) is 17.6 Å². The average Bonchev–Trinajstić information content (AvgIpc) is 3.37. The van der Waals surface area contributed by atoms with Gasteiger partial charge in [0.15, 0.2) is 0 Å². The van der Waals surface area contributed by atoms with Gasteiger partial charge in [0, 0.05) is 37.6 Å². The zero-order chi connectivity index (χ0) is 23.4. The van der Waals surface area contributed by atoms with Crippen molar-refractivity contribution in [2.24, 2.45) is 0 Å². The van der Waals surface area contributed by atoms with Gasteiger partial charge in [0.05, 0.1) is 16.9 Å². The van der Waals surface area contributed by atoms with Crippen molar-refractivity contribution in [1.82, 2.24) is 19.2 Å². The van der Waals surface area contributed by atoms with Crippen LogP contribution in [0.4, 0.5) is 4.39 Å². The molecule has 1 fully saturated rings. The van der Waals surface area contributed by atoms with E-state index >= 15 is 0 Å². The van der Waals surface area contributed by atoms with E-state index in [1.807, 2.05) is 0 Å². The molecule has 0 atom stereocenters. The van der Waals surface area contributed by atoms with E-state index in [4.69, 9.17) is 0 Å². The Morgan fingerprint density at radius 3 is 2.67 bits per heavy atom. The third kappa shape index (κ3) is 5.15. The van der Waals surface area contributed by atoms with E-state index in [2.05, 4.69) is 10.3 Å². The van der Waals surface area contributed by atoms with Crippen molar-refractivity contribution in [3.05, 3.63) is 78.1 Å². The highest BCUT2D eigenvalue weighted by molar-refractivity contribution is 7.89. The lowest BCUT2D eigenvalue weighted by atomic mass is 9.96. The maximum absolute atomic E-state index is 14.4. The molecule has 0 bridgehead atoms. The van der Waals surface area contributed by atoms with Crippen molar-refractivity contribution in [2.75, 3.05) is 7.05 Å². The molecular formula is C24H27FN4O3S. The van der Waals surface area contributed by atoms with Crippen LogP contribution in [0.25, 0.3) is 5.69 Å². The van der Waals surface area contributed by atoms with Crippen LogP contribution in [0.5, 0.6) is 0 Å². The van der Waals surface area contributed by atoms with Crippen molar-refractivity contribution < 1.29 is 17.6 Å². The summed E-state index contributed by atoms with van der Waals surface area (Å²) >= 11 is 0. The molecule has 1 amide bonds. The number of sulfonamides is 1. The molecule has 1 N–H and O–H groups in total. The maximum atomic E-state index is 14.4. The quantitative estimate of drug-likeness (QED) is 0.568. The van der Waals surface area contributed by atoms with Gasteiger partial charge in [0.25, 0.3) is 5.91 Å². The van der Waals surface area contributed by atoms with Gasteiger partial charge in [-0.05, 0) is 48.7 Å². The molecule has 1 heterocycles. The summed E-state index contributed by atoms with van der Waals surface area (Å²) in [5, 5.41) is 2.73. The minimum Gasteiger partial charge on any atom is -0.348 e. The SMILES string of the molecule is CN(C1CCCCC1)S(=O)(=O)c1cccc(C(=O)NCc2ccc(-n3ccnc3)c(F)c2)c1. The van der Waals surface area contributed by atoms with E-state index in [1.165, 1.54) is 28.8 Å². The summed E-state index contributed by atoms with van der Waals surface area (Å²) in [6.07, 6.45) is 9.61. The summed E-state index contributed by atoms with van der Waals surface area (Å²) in [4.78, 5) is 16.7. The minimum atomic E-state index is -3.70. The normalized spacial score (nSPS) is 15.0. The van der Waals surface area contributed by atoms with Crippen LogP contribution in [0.2, 0.25) is 0 Å². The van der Waals surface area contributed by atoms with Gasteiger partial charge in [-0.15, -0.1) is 0 Å². The molecule has 33 heavy (non-hydrogen) atoms. The molecule has 0 saturated heterocycles. The predicted octanol–water partition coefficient (Wildman–Crippen LogP) is 3.89. The molecule has 0 aliphatic heterocycles. The molecule has 1 aromatic heterocycles. The van der Waals surface area contributed by atoms with E-state index < -0.39 is 21.7 Å². The van der Waals surface area contributed by atoms with Gasteiger partial charge in [0.2, 0.25) is 10.0 Å². The van der Waals surface area contributed by atoms with Crippen LogP contribution < -0.4 is 5.32 Å². The third-order valence-electron chi connectivity index (χ3n) is 6.11. The lowest BCUT2D eigenvalue weighted by Crippen LogP contribution is -2.38. The van der Waals surface area contributed by atoms with Gasteiger partial charge >= 0.3 is 0 Å². The Labute approximate surface area is 193 Å². The molecule has 2 aromatic carbocycles. The monoisotopic (exact) mass is 470 g/mol. The van der Waals surface area contributed by atoms with E-state index in [1.54, 1.807) is 48.3 Å². The minimum absolute atomic E-state index is 0.0126. The smallest absolute Gasteiger partial charge is 0.251 e. The zero-order valence-electron chi connectivity index (χ0n) is 18.4. The Hall–Kier alpha value is -3.04. The highest BCUT2D eigenvalue weighted by Crippen LogP contribution is 2.26. The first-order valence-corrected chi connectivity index (χ1v) is 12.4. The highest BCUT2D eigenvalue weighted by atomic mass is 32.2. The second-order valence-corrected chi connectivity index (χ2v) is 10.3. The van der Waals surface area contributed by atoms with Gasteiger partial charge in [-0.25, -0.2) is 17.8 Å². The topological polar surface area (TPSA) is 84.3 Å². The van der Waals surface area contributed by atoms with Gasteiger partial charge in [-0.1, -0.05) is 31.4 Å². The first-order chi connectivity index (χ1) is 15.9. The molecule has 0 radical (unpaired) electrons. The Kier molecular flexibility index (Phi) is 6.90. The maximum Gasteiger partial charge on any atom is 0.251 e. The standard InChI is InChI=1S/C24H27FN4O3S/c1-28(20-7-3-2-4-8-20)33(31,32)21-9-5-6-19(15-21)24(30)27-16-18-10-11-23(22(25)14-18)29-13-12-26-17-29/h5-6,9-15,17,20H,2-4,7-8,16H2,1H3,(H,27,30). The van der Waals surface area contributed by atoms with Crippen LogP contribution in [0.1, 0.15) is 48.0 Å². The van der Waals surface area contributed by atoms with E-state index in [-0.39, 0.29) is 23.0 Å². The Morgan fingerprint density at radius 1 is 1.18 bits per heavy atom. The molecule has 3 aromatic rings. The first kappa shape index (κ1) is 23.1. The fourth-order valence-corrected chi connectivity index (χ4v) is 5.62. The van der Waals surface area contributed by atoms with Crippen molar-refractivity contribution in [2.45, 2.75) is 49.6 Å². The summed E-state index contributed by atoms with van der Waals surface area (Å²) < 4.78 is 43.6. The van der Waals surface area contributed by atoms with Crippen LogP contribution in [0.15, 0.2) is 66.1 Å². The second kappa shape index (κ2) is 9.84. The van der Waals surface area contributed by atoms with Gasteiger partial charge in [-0.3, -0.25) is 4.79 Å². The fraction of sp³-hybridized carbons (Fsp3) is 0.333. The zero-order valence-corrected chi connectivity index (χ0v) is 19.3. The lowest BCUT2D eigenvalue weighted by Gasteiger charge is -2.30. The number of rotatable bonds is 7. The van der Waals surface area contributed by atoms with Crippen LogP contribution >= 0.6 is 0 Å². The fourth-order valence-electron chi connectivity index (χ4n) is 4.16. The summed E-state index contributed by atoms with van der Waals surface area (Å²) in [7, 11) is -2.09. The molecule has 174 valence electrons. The van der Waals surface area contributed by atoms with Crippen LogP contribution in [0, 0.1) is 5.82 Å². The molecule has 4 rings (SSSR count). The summed E-state index contributed by atoms with van der Waals surface area (Å²) in [5.74, 6) is -0.856. The van der Waals surface area contributed by atoms with Gasteiger partial charge < -0.3 is 9.88 Å². The van der Waals surface area contributed by atoms with E-state index in [0.29, 0.717) is 11.3 Å². The summed E-state index contributed by atoms with van der Waals surface area (Å²) in [6.45, 7) is 0.110. The third-order valence-corrected chi connectivity index (χ3v) is 8.02. The summed E-state index contributed by atoms with van der Waals surface area (Å²) in [5.41, 5.74) is 1.19. The van der Waals surface area contributed by atoms with Gasteiger partial charge in [-0.2, -0.15) is 4.31 Å². The Balaban J connectivity index is 1.44. The number of hydrogen-bond donors (Lipinski definition) is 1. The highest BCUT2D eigenvalue weighted by Gasteiger charge is 2.29. The number of imidazole rings is 1. The molecule has 1 aliphatic carbocycles. The number of nitrogens with zero attached hydrogens (tertiary/aromatic N) is 3.